The number of hydrogen-bond donors (Lipinski definition) is 2. The van der Waals surface area contributed by atoms with Gasteiger partial charge >= 0.3 is 6.03 Å². The number of nitrogens with zero attached hydrogens (tertiary/aromatic N) is 3. The molecule has 0 aliphatic carbocycles. The minimum Gasteiger partial charge on any atom is -0.386 e. The predicted molar refractivity (Wildman–Crippen MR) is 87.2 cm³/mol. The lowest BCUT2D eigenvalue weighted by molar-refractivity contribution is -0.0113. The van der Waals surface area contributed by atoms with Gasteiger partial charge in [0.25, 0.3) is 0 Å². The first kappa shape index (κ1) is 14.8. The van der Waals surface area contributed by atoms with Crippen molar-refractivity contribution in [3.05, 3.63) is 28.9 Å². The minimum atomic E-state index is -0.655. The number of nitrogens with two attached hydrogens (primary N) is 1. The number of piperidine rings is 1. The van der Waals surface area contributed by atoms with Crippen LogP contribution in [0.3, 0.4) is 0 Å². The number of primary amides is 1. The molecule has 23 heavy (non-hydrogen) atoms. The number of aromatic nitrogens is 2. The van der Waals surface area contributed by atoms with E-state index in [1.54, 1.807) is 11.1 Å². The Morgan fingerprint density at radius 1 is 1.43 bits per heavy atom. The average Bonchev–Trinajstić information content (AvgIpc) is 3.04. The molecule has 2 aliphatic rings. The van der Waals surface area contributed by atoms with E-state index < -0.39 is 11.6 Å². The Morgan fingerprint density at radius 3 is 2.78 bits per heavy atom. The van der Waals surface area contributed by atoms with E-state index in [0.717, 1.165) is 29.3 Å². The van der Waals surface area contributed by atoms with Gasteiger partial charge in [-0.2, -0.15) is 5.10 Å². The molecule has 4 rings (SSSR count). The third kappa shape index (κ3) is 1.91. The number of benzene rings is 1. The molecule has 1 fully saturated rings. The molecule has 0 spiro atoms. The van der Waals surface area contributed by atoms with Crippen molar-refractivity contribution in [1.82, 2.24) is 14.7 Å². The largest absolute Gasteiger partial charge is 0.386 e. The van der Waals surface area contributed by atoms with Crippen molar-refractivity contribution in [2.45, 2.75) is 31.4 Å². The van der Waals surface area contributed by atoms with E-state index >= 15 is 0 Å². The van der Waals surface area contributed by atoms with Crippen molar-refractivity contribution in [3.8, 4) is 0 Å². The first-order chi connectivity index (χ1) is 10.9. The number of carbonyl (C=O) groups is 1. The number of aliphatic hydroxyl groups excluding tert-OH is 1. The van der Waals surface area contributed by atoms with Crippen LogP contribution in [0.1, 0.15) is 31.4 Å². The zero-order valence-corrected chi connectivity index (χ0v) is 13.6. The standard InChI is InChI=1S/C16H19ClN4O2/c1-16(10-2-4-20(5-3-10)15(18)23)14(22)12-7-11(17)6-9-8-19-21(16)13(9)12/h6-8,10,14,22H,2-5H2,1H3,(H2,18,23)/t14-,16?/m1/s1. The molecule has 122 valence electrons. The molecule has 7 heteroatoms. The molecule has 1 aromatic carbocycles. The molecule has 6 nitrogen and oxygen atoms in total. The van der Waals surface area contributed by atoms with E-state index in [4.69, 9.17) is 17.3 Å². The van der Waals surface area contributed by atoms with Crippen molar-refractivity contribution < 1.29 is 9.90 Å². The number of hydrogen-bond acceptors (Lipinski definition) is 3. The highest BCUT2D eigenvalue weighted by Crippen LogP contribution is 2.51. The molecular weight excluding hydrogens is 316 g/mol. The predicted octanol–water partition coefficient (Wildman–Crippen LogP) is 2.24. The van der Waals surface area contributed by atoms with Crippen molar-refractivity contribution in [1.29, 1.82) is 0 Å². The zero-order chi connectivity index (χ0) is 16.4. The Hall–Kier alpha value is -1.79. The van der Waals surface area contributed by atoms with E-state index in [-0.39, 0.29) is 11.9 Å². The van der Waals surface area contributed by atoms with Gasteiger partial charge in [-0.05, 0) is 37.8 Å². The van der Waals surface area contributed by atoms with Crippen LogP contribution in [-0.2, 0) is 5.54 Å². The zero-order valence-electron chi connectivity index (χ0n) is 12.9. The van der Waals surface area contributed by atoms with E-state index in [2.05, 4.69) is 5.10 Å². The van der Waals surface area contributed by atoms with E-state index in [0.29, 0.717) is 18.1 Å². The number of halogens is 1. The lowest BCUT2D eigenvalue weighted by atomic mass is 9.75. The Kier molecular flexibility index (Phi) is 3.12. The van der Waals surface area contributed by atoms with Crippen LogP contribution in [0.5, 0.6) is 0 Å². The van der Waals surface area contributed by atoms with E-state index in [1.165, 1.54) is 0 Å². The summed E-state index contributed by atoms with van der Waals surface area (Å²) in [5.41, 5.74) is 6.63. The van der Waals surface area contributed by atoms with Gasteiger partial charge in [-0.15, -0.1) is 0 Å². The highest BCUT2D eigenvalue weighted by atomic mass is 35.5. The molecule has 3 heterocycles. The highest BCUT2D eigenvalue weighted by Gasteiger charge is 2.50. The SMILES string of the molecule is CC1(C2CCN(C(N)=O)CC2)[C@H](O)c2cc(Cl)cc3cnn1c23. The fraction of sp³-hybridized carbons (Fsp3) is 0.500. The molecule has 0 radical (unpaired) electrons. The van der Waals surface area contributed by atoms with Crippen LogP contribution in [0.4, 0.5) is 4.79 Å². The number of likely N-dealkylation sites (tertiary alicyclic amines) is 1. The lowest BCUT2D eigenvalue weighted by Crippen LogP contribution is -2.49. The summed E-state index contributed by atoms with van der Waals surface area (Å²) in [5.74, 6) is 0.211. The summed E-state index contributed by atoms with van der Waals surface area (Å²) in [4.78, 5) is 13.0. The molecule has 3 N–H and O–H groups in total. The van der Waals surface area contributed by atoms with Gasteiger partial charge in [-0.25, -0.2) is 4.79 Å². The van der Waals surface area contributed by atoms with Gasteiger partial charge in [0.15, 0.2) is 0 Å². The van der Waals surface area contributed by atoms with Gasteiger partial charge in [0.1, 0.15) is 6.10 Å². The minimum absolute atomic E-state index is 0.211. The Bertz CT molecular complexity index is 797. The number of urea groups is 1. The summed E-state index contributed by atoms with van der Waals surface area (Å²) >= 11 is 6.17. The lowest BCUT2D eigenvalue weighted by Gasteiger charge is -2.42. The maximum absolute atomic E-state index is 11.3. The Morgan fingerprint density at radius 2 is 2.13 bits per heavy atom. The van der Waals surface area contributed by atoms with E-state index in [9.17, 15) is 9.90 Å². The smallest absolute Gasteiger partial charge is 0.314 e. The third-order valence-electron chi connectivity index (χ3n) is 5.60. The van der Waals surface area contributed by atoms with Crippen molar-refractivity contribution in [2.24, 2.45) is 11.7 Å². The van der Waals surface area contributed by atoms with Crippen molar-refractivity contribution in [3.63, 3.8) is 0 Å². The fourth-order valence-corrected chi connectivity index (χ4v) is 4.48. The fourth-order valence-electron chi connectivity index (χ4n) is 4.25. The van der Waals surface area contributed by atoms with Gasteiger partial charge in [-0.1, -0.05) is 11.6 Å². The van der Waals surface area contributed by atoms with Gasteiger partial charge < -0.3 is 15.7 Å². The van der Waals surface area contributed by atoms with Crippen LogP contribution >= 0.6 is 11.6 Å². The molecule has 2 aliphatic heterocycles. The van der Waals surface area contributed by atoms with Crippen LogP contribution in [-0.4, -0.2) is 38.9 Å². The summed E-state index contributed by atoms with van der Waals surface area (Å²) in [7, 11) is 0. The number of aliphatic hydroxyl groups is 1. The molecule has 2 amide bonds. The molecule has 1 aromatic heterocycles. The summed E-state index contributed by atoms with van der Waals surface area (Å²) in [5, 5.41) is 17.1. The quantitative estimate of drug-likeness (QED) is 0.838. The molecule has 2 aromatic rings. The van der Waals surface area contributed by atoms with Gasteiger partial charge in [0.2, 0.25) is 0 Å². The monoisotopic (exact) mass is 334 g/mol. The normalized spacial score (nSPS) is 27.8. The molecule has 2 atom stereocenters. The molecule has 0 bridgehead atoms. The summed E-state index contributed by atoms with van der Waals surface area (Å²) in [6.07, 6.45) is 2.73. The van der Waals surface area contributed by atoms with Gasteiger partial charge in [-0.3, -0.25) is 4.68 Å². The molecule has 0 saturated carbocycles. The number of amides is 2. The van der Waals surface area contributed by atoms with Crippen LogP contribution in [0.25, 0.3) is 10.9 Å². The van der Waals surface area contributed by atoms with Crippen LogP contribution in [0.2, 0.25) is 5.02 Å². The van der Waals surface area contributed by atoms with Crippen LogP contribution in [0.15, 0.2) is 18.3 Å². The summed E-state index contributed by atoms with van der Waals surface area (Å²) < 4.78 is 1.95. The molecule has 1 unspecified atom stereocenters. The third-order valence-corrected chi connectivity index (χ3v) is 5.81. The van der Waals surface area contributed by atoms with E-state index in [1.807, 2.05) is 23.7 Å². The topological polar surface area (TPSA) is 84.4 Å². The number of carbonyl (C=O) groups excluding carboxylic acids is 1. The second-order valence-corrected chi connectivity index (χ2v) is 7.15. The maximum atomic E-state index is 11.3. The first-order valence-electron chi connectivity index (χ1n) is 7.83. The van der Waals surface area contributed by atoms with Crippen molar-refractivity contribution in [2.75, 3.05) is 13.1 Å². The second-order valence-electron chi connectivity index (χ2n) is 6.72. The van der Waals surface area contributed by atoms with Crippen molar-refractivity contribution >= 4 is 28.5 Å². The molecule has 1 saturated heterocycles. The average molecular weight is 335 g/mol. The molecular formula is C16H19ClN4O2. The Balaban J connectivity index is 1.73. The highest BCUT2D eigenvalue weighted by molar-refractivity contribution is 6.31. The summed E-state index contributed by atoms with van der Waals surface area (Å²) in [6.45, 7) is 3.27. The second kappa shape index (κ2) is 4.85. The van der Waals surface area contributed by atoms with Gasteiger partial charge in [0.05, 0.1) is 17.3 Å². The van der Waals surface area contributed by atoms with Crippen LogP contribution < -0.4 is 5.73 Å². The first-order valence-corrected chi connectivity index (χ1v) is 8.21. The van der Waals surface area contributed by atoms with Crippen LogP contribution in [0, 0.1) is 5.92 Å². The maximum Gasteiger partial charge on any atom is 0.314 e. The number of rotatable bonds is 1. The van der Waals surface area contributed by atoms with Gasteiger partial charge in [0, 0.05) is 29.1 Å². The summed E-state index contributed by atoms with van der Waals surface area (Å²) in [6, 6.07) is 3.33. The Labute approximate surface area is 138 Å².